The van der Waals surface area contributed by atoms with E-state index < -0.39 is 0 Å². The highest BCUT2D eigenvalue weighted by Crippen LogP contribution is 2.05. The zero-order valence-electron chi connectivity index (χ0n) is 9.00. The van der Waals surface area contributed by atoms with Crippen LogP contribution < -0.4 is 5.32 Å². The lowest BCUT2D eigenvalue weighted by atomic mass is 10.2. The molecule has 16 heavy (non-hydrogen) atoms. The van der Waals surface area contributed by atoms with Crippen LogP contribution in [0.4, 0.5) is 5.82 Å². The minimum atomic E-state index is 0.111. The third kappa shape index (κ3) is 2.84. The minimum absolute atomic E-state index is 0.111. The number of rotatable bonds is 5. The molecule has 4 heteroatoms. The lowest BCUT2D eigenvalue weighted by molar-refractivity contribution is 0.269. The molecule has 0 amide bonds. The van der Waals surface area contributed by atoms with Gasteiger partial charge in [-0.1, -0.05) is 30.3 Å². The summed E-state index contributed by atoms with van der Waals surface area (Å²) < 4.78 is 1.72. The highest BCUT2D eigenvalue weighted by Gasteiger charge is 1.97. The number of anilines is 1. The number of benzene rings is 1. The van der Waals surface area contributed by atoms with Crippen molar-refractivity contribution in [2.24, 2.45) is 0 Å². The summed E-state index contributed by atoms with van der Waals surface area (Å²) >= 11 is 0. The first-order valence-corrected chi connectivity index (χ1v) is 5.30. The number of nitrogens with one attached hydrogen (secondary N) is 1. The highest BCUT2D eigenvalue weighted by atomic mass is 16.3. The smallest absolute Gasteiger partial charge is 0.148 e. The van der Waals surface area contributed by atoms with E-state index in [9.17, 15) is 0 Å². The first-order valence-electron chi connectivity index (χ1n) is 5.30. The second-order valence-corrected chi connectivity index (χ2v) is 3.53. The van der Waals surface area contributed by atoms with Gasteiger partial charge in [0.1, 0.15) is 5.82 Å². The number of aliphatic hydroxyl groups is 1. The van der Waals surface area contributed by atoms with Crippen molar-refractivity contribution in [3.63, 3.8) is 0 Å². The van der Waals surface area contributed by atoms with E-state index in [4.69, 9.17) is 5.11 Å². The van der Waals surface area contributed by atoms with Crippen molar-refractivity contribution >= 4 is 5.82 Å². The maximum absolute atomic E-state index is 8.76. The van der Waals surface area contributed by atoms with Crippen LogP contribution in [0, 0.1) is 0 Å². The van der Waals surface area contributed by atoms with Crippen LogP contribution >= 0.6 is 0 Å². The molecule has 0 atom stereocenters. The molecule has 84 valence electrons. The molecule has 0 spiro atoms. The van der Waals surface area contributed by atoms with Crippen LogP contribution in [-0.2, 0) is 13.1 Å². The molecule has 1 aromatic carbocycles. The molecule has 0 bridgehead atoms. The van der Waals surface area contributed by atoms with Gasteiger partial charge in [-0.05, 0) is 5.56 Å². The predicted octanol–water partition coefficient (Wildman–Crippen LogP) is 1.49. The van der Waals surface area contributed by atoms with Crippen molar-refractivity contribution in [1.82, 2.24) is 9.78 Å². The average molecular weight is 217 g/mol. The minimum Gasteiger partial charge on any atom is -0.394 e. The summed E-state index contributed by atoms with van der Waals surface area (Å²) in [6.07, 6.45) is 1.85. The van der Waals surface area contributed by atoms with Crippen LogP contribution in [0.25, 0.3) is 0 Å². The van der Waals surface area contributed by atoms with Crippen LogP contribution in [0.3, 0.4) is 0 Å². The lowest BCUT2D eigenvalue weighted by Crippen LogP contribution is -2.04. The fraction of sp³-hybridized carbons (Fsp3) is 0.250. The third-order valence-corrected chi connectivity index (χ3v) is 2.29. The summed E-state index contributed by atoms with van der Waals surface area (Å²) in [7, 11) is 0. The van der Waals surface area contributed by atoms with Crippen molar-refractivity contribution in [3.05, 3.63) is 48.2 Å². The topological polar surface area (TPSA) is 50.1 Å². The van der Waals surface area contributed by atoms with Gasteiger partial charge in [-0.15, -0.1) is 0 Å². The molecule has 0 fully saturated rings. The Morgan fingerprint density at radius 2 is 2.00 bits per heavy atom. The first kappa shape index (κ1) is 10.7. The van der Waals surface area contributed by atoms with E-state index in [1.165, 1.54) is 5.56 Å². The molecule has 1 heterocycles. The van der Waals surface area contributed by atoms with Crippen LogP contribution in [0.1, 0.15) is 5.56 Å². The van der Waals surface area contributed by atoms with Gasteiger partial charge in [-0.3, -0.25) is 4.68 Å². The number of nitrogens with zero attached hydrogens (tertiary/aromatic N) is 2. The van der Waals surface area contributed by atoms with Crippen LogP contribution in [0.15, 0.2) is 42.6 Å². The van der Waals surface area contributed by atoms with Crippen LogP contribution in [0.2, 0.25) is 0 Å². The predicted molar refractivity (Wildman–Crippen MR) is 63.1 cm³/mol. The average Bonchev–Trinajstić information content (AvgIpc) is 2.76. The molecule has 1 aromatic heterocycles. The van der Waals surface area contributed by atoms with Crippen molar-refractivity contribution in [2.75, 3.05) is 11.9 Å². The SMILES string of the molecule is OCCn1ccc(NCc2ccccc2)n1. The quantitative estimate of drug-likeness (QED) is 0.797. The van der Waals surface area contributed by atoms with Crippen LogP contribution in [-0.4, -0.2) is 21.5 Å². The fourth-order valence-electron chi connectivity index (χ4n) is 1.47. The van der Waals surface area contributed by atoms with Gasteiger partial charge in [0.05, 0.1) is 13.2 Å². The van der Waals surface area contributed by atoms with Gasteiger partial charge in [-0.2, -0.15) is 5.10 Å². The largest absolute Gasteiger partial charge is 0.394 e. The van der Waals surface area contributed by atoms with Gasteiger partial charge in [0.25, 0.3) is 0 Å². The molecule has 0 aliphatic carbocycles. The molecule has 2 aromatic rings. The van der Waals surface area contributed by atoms with Gasteiger partial charge < -0.3 is 10.4 Å². The first-order chi connectivity index (χ1) is 7.88. The van der Waals surface area contributed by atoms with Gasteiger partial charge in [0, 0.05) is 18.8 Å². The van der Waals surface area contributed by atoms with E-state index in [-0.39, 0.29) is 6.61 Å². The summed E-state index contributed by atoms with van der Waals surface area (Å²) in [6, 6.07) is 12.1. The lowest BCUT2D eigenvalue weighted by Gasteiger charge is -2.02. The fourth-order valence-corrected chi connectivity index (χ4v) is 1.47. The van der Waals surface area contributed by atoms with E-state index in [1.807, 2.05) is 30.5 Å². The molecule has 0 aliphatic rings. The summed E-state index contributed by atoms with van der Waals surface area (Å²) in [5, 5.41) is 16.2. The normalized spacial score (nSPS) is 10.3. The highest BCUT2D eigenvalue weighted by molar-refractivity contribution is 5.33. The van der Waals surface area contributed by atoms with Crippen molar-refractivity contribution in [2.45, 2.75) is 13.1 Å². The Bertz CT molecular complexity index is 425. The molecule has 0 unspecified atom stereocenters. The van der Waals surface area contributed by atoms with Crippen LogP contribution in [0.5, 0.6) is 0 Å². The second-order valence-electron chi connectivity index (χ2n) is 3.53. The summed E-state index contributed by atoms with van der Waals surface area (Å²) in [4.78, 5) is 0. The Hall–Kier alpha value is -1.81. The molecule has 0 radical (unpaired) electrons. The Kier molecular flexibility index (Phi) is 3.56. The number of aromatic nitrogens is 2. The van der Waals surface area contributed by atoms with Gasteiger partial charge in [0.15, 0.2) is 0 Å². The van der Waals surface area contributed by atoms with E-state index in [0.29, 0.717) is 6.54 Å². The molecule has 4 nitrogen and oxygen atoms in total. The Morgan fingerprint density at radius 1 is 1.19 bits per heavy atom. The zero-order valence-corrected chi connectivity index (χ0v) is 9.00. The van der Waals surface area contributed by atoms with Gasteiger partial charge in [-0.25, -0.2) is 0 Å². The Labute approximate surface area is 94.5 Å². The molecule has 0 saturated heterocycles. The molecular formula is C12H15N3O. The molecule has 2 N–H and O–H groups in total. The Morgan fingerprint density at radius 3 is 2.75 bits per heavy atom. The standard InChI is InChI=1S/C12H15N3O/c16-9-8-15-7-6-12(14-15)13-10-11-4-2-1-3-5-11/h1-7,16H,8-10H2,(H,13,14). The summed E-state index contributed by atoms with van der Waals surface area (Å²) in [5.41, 5.74) is 1.22. The Balaban J connectivity index is 1.89. The van der Waals surface area contributed by atoms with Crippen molar-refractivity contribution in [3.8, 4) is 0 Å². The molecule has 0 saturated carbocycles. The molecular weight excluding hydrogens is 202 g/mol. The maximum atomic E-state index is 8.76. The van der Waals surface area contributed by atoms with Crippen molar-refractivity contribution < 1.29 is 5.11 Å². The van der Waals surface area contributed by atoms with Crippen molar-refractivity contribution in [1.29, 1.82) is 0 Å². The maximum Gasteiger partial charge on any atom is 0.148 e. The number of aliphatic hydroxyl groups excluding tert-OH is 1. The van der Waals surface area contributed by atoms with E-state index in [0.717, 1.165) is 12.4 Å². The van der Waals surface area contributed by atoms with Gasteiger partial charge in [0.2, 0.25) is 0 Å². The van der Waals surface area contributed by atoms with Gasteiger partial charge >= 0.3 is 0 Å². The summed E-state index contributed by atoms with van der Waals surface area (Å²) in [5.74, 6) is 0.831. The second kappa shape index (κ2) is 5.32. The molecule has 2 rings (SSSR count). The molecule has 0 aliphatic heterocycles. The third-order valence-electron chi connectivity index (χ3n) is 2.29. The van der Waals surface area contributed by atoms with E-state index in [1.54, 1.807) is 4.68 Å². The number of hydrogen-bond donors (Lipinski definition) is 2. The van der Waals surface area contributed by atoms with E-state index in [2.05, 4.69) is 22.5 Å². The monoisotopic (exact) mass is 217 g/mol. The zero-order chi connectivity index (χ0) is 11.2. The summed E-state index contributed by atoms with van der Waals surface area (Å²) in [6.45, 7) is 1.41. The van der Waals surface area contributed by atoms with E-state index >= 15 is 0 Å². The number of hydrogen-bond acceptors (Lipinski definition) is 3.